The summed E-state index contributed by atoms with van der Waals surface area (Å²) in [6.07, 6.45) is 5.42. The fraction of sp³-hybridized carbons (Fsp3) is 0.933. The second-order valence-electron chi connectivity index (χ2n) is 5.70. The molecule has 0 aliphatic heterocycles. The Morgan fingerprint density at radius 2 is 1.89 bits per heavy atom. The quantitative estimate of drug-likeness (QED) is 0.605. The first kappa shape index (κ1) is 18.4. The topological polar surface area (TPSA) is 58.4 Å². The van der Waals surface area contributed by atoms with Crippen LogP contribution in [0.2, 0.25) is 0 Å². The molecule has 1 amide bonds. The van der Waals surface area contributed by atoms with Gasteiger partial charge in [0.05, 0.1) is 5.54 Å². The lowest BCUT2D eigenvalue weighted by molar-refractivity contribution is -0.123. The summed E-state index contributed by atoms with van der Waals surface area (Å²) >= 11 is 0. The third-order valence-electron chi connectivity index (χ3n) is 4.23. The second-order valence-corrected chi connectivity index (χ2v) is 5.70. The van der Waals surface area contributed by atoms with Crippen LogP contribution in [-0.2, 0) is 4.79 Å². The fourth-order valence-electron chi connectivity index (χ4n) is 2.18. The fourth-order valence-corrected chi connectivity index (χ4v) is 2.18. The van der Waals surface area contributed by atoms with Crippen LogP contribution < -0.4 is 11.1 Å². The average molecular weight is 271 g/mol. The Kier molecular flexibility index (Phi) is 9.02. The Bertz CT molecular complexity index is 258. The normalized spacial score (nSPS) is 16.3. The summed E-state index contributed by atoms with van der Waals surface area (Å²) in [5.41, 5.74) is 4.87. The number of nitrogens with two attached hydrogens (primary N) is 1. The van der Waals surface area contributed by atoms with Crippen molar-refractivity contribution in [3.05, 3.63) is 0 Å². The van der Waals surface area contributed by atoms with E-state index in [0.29, 0.717) is 6.04 Å². The van der Waals surface area contributed by atoms with Crippen molar-refractivity contribution in [1.29, 1.82) is 0 Å². The van der Waals surface area contributed by atoms with E-state index in [1.165, 1.54) is 19.3 Å². The monoisotopic (exact) mass is 271 g/mol. The van der Waals surface area contributed by atoms with Crippen LogP contribution in [0.5, 0.6) is 0 Å². The molecule has 2 atom stereocenters. The van der Waals surface area contributed by atoms with E-state index in [4.69, 9.17) is 5.73 Å². The van der Waals surface area contributed by atoms with Crippen molar-refractivity contribution >= 4 is 5.91 Å². The number of unbranched alkanes of at least 4 members (excludes halogenated alkanes) is 1. The Labute approximate surface area is 119 Å². The average Bonchev–Trinajstić information content (AvgIpc) is 2.41. The lowest BCUT2D eigenvalue weighted by atomic mass is 9.95. The van der Waals surface area contributed by atoms with E-state index >= 15 is 0 Å². The zero-order valence-electron chi connectivity index (χ0n) is 13.5. The van der Waals surface area contributed by atoms with Crippen LogP contribution in [0.15, 0.2) is 0 Å². The highest BCUT2D eigenvalue weighted by molar-refractivity contribution is 5.84. The molecule has 0 aliphatic carbocycles. The number of likely N-dealkylation sites (N-methyl/N-ethyl adjacent to an activating group) is 1. The number of nitrogens with one attached hydrogen (secondary N) is 1. The molecule has 0 saturated heterocycles. The molecule has 0 aromatic rings. The van der Waals surface area contributed by atoms with E-state index in [1.54, 1.807) is 7.05 Å². The van der Waals surface area contributed by atoms with Gasteiger partial charge in [-0.1, -0.05) is 20.3 Å². The first-order chi connectivity index (χ1) is 8.91. The minimum absolute atomic E-state index is 0.265. The van der Waals surface area contributed by atoms with E-state index in [0.717, 1.165) is 25.9 Å². The highest BCUT2D eigenvalue weighted by atomic mass is 16.1. The Hall–Kier alpha value is -0.610. The number of carbonyl (C=O) groups excluding carboxylic acids is 1. The first-order valence-electron chi connectivity index (χ1n) is 7.64. The molecular formula is C15H33N3O. The Morgan fingerprint density at radius 3 is 2.32 bits per heavy atom. The number of rotatable bonds is 11. The maximum absolute atomic E-state index is 11.4. The zero-order chi connectivity index (χ0) is 14.9. The van der Waals surface area contributed by atoms with Crippen LogP contribution in [0.25, 0.3) is 0 Å². The van der Waals surface area contributed by atoms with Crippen LogP contribution in [0, 0.1) is 0 Å². The van der Waals surface area contributed by atoms with Gasteiger partial charge in [-0.2, -0.15) is 0 Å². The van der Waals surface area contributed by atoms with Crippen molar-refractivity contribution in [2.45, 2.75) is 71.4 Å². The number of amides is 1. The lowest BCUT2D eigenvalue weighted by Crippen LogP contribution is -2.51. The van der Waals surface area contributed by atoms with Gasteiger partial charge in [0, 0.05) is 6.04 Å². The molecule has 0 aromatic carbocycles. The molecule has 0 aromatic heterocycles. The molecule has 114 valence electrons. The first-order valence-corrected chi connectivity index (χ1v) is 7.64. The van der Waals surface area contributed by atoms with E-state index in [1.807, 2.05) is 6.92 Å². The van der Waals surface area contributed by atoms with Gasteiger partial charge in [0.2, 0.25) is 5.91 Å². The predicted octanol–water partition coefficient (Wildman–Crippen LogP) is 2.13. The van der Waals surface area contributed by atoms with Gasteiger partial charge in [-0.25, -0.2) is 0 Å². The molecule has 0 spiro atoms. The van der Waals surface area contributed by atoms with Crippen LogP contribution in [-0.4, -0.2) is 42.5 Å². The zero-order valence-corrected chi connectivity index (χ0v) is 13.5. The van der Waals surface area contributed by atoms with E-state index in [2.05, 4.69) is 31.0 Å². The van der Waals surface area contributed by atoms with E-state index in [-0.39, 0.29) is 5.91 Å². The van der Waals surface area contributed by atoms with Gasteiger partial charge in [0.15, 0.2) is 0 Å². The number of hydrogen-bond acceptors (Lipinski definition) is 3. The molecule has 0 fully saturated rings. The molecule has 0 saturated carbocycles. The molecule has 19 heavy (non-hydrogen) atoms. The minimum atomic E-state index is -0.578. The highest BCUT2D eigenvalue weighted by Gasteiger charge is 2.28. The third-order valence-corrected chi connectivity index (χ3v) is 4.23. The highest BCUT2D eigenvalue weighted by Crippen LogP contribution is 2.14. The van der Waals surface area contributed by atoms with Gasteiger partial charge < -0.3 is 16.0 Å². The standard InChI is InChI=1S/C15H33N3O/c1-6-8-11-18(13(3)7-2)12-9-10-15(4,17-5)14(16)19/h13,17H,6-12H2,1-5H3,(H2,16,19). The van der Waals surface area contributed by atoms with Gasteiger partial charge in [-0.15, -0.1) is 0 Å². The second kappa shape index (κ2) is 9.32. The summed E-state index contributed by atoms with van der Waals surface area (Å²) in [7, 11) is 1.80. The maximum atomic E-state index is 11.4. The van der Waals surface area contributed by atoms with Crippen molar-refractivity contribution in [2.24, 2.45) is 5.73 Å². The van der Waals surface area contributed by atoms with Crippen molar-refractivity contribution in [2.75, 3.05) is 20.1 Å². The van der Waals surface area contributed by atoms with Crippen molar-refractivity contribution < 1.29 is 4.79 Å². The number of primary amides is 1. The largest absolute Gasteiger partial charge is 0.368 e. The summed E-state index contributed by atoms with van der Waals surface area (Å²) < 4.78 is 0. The molecule has 4 nitrogen and oxygen atoms in total. The Morgan fingerprint density at radius 1 is 1.32 bits per heavy atom. The molecule has 0 heterocycles. The van der Waals surface area contributed by atoms with Crippen LogP contribution in [0.4, 0.5) is 0 Å². The summed E-state index contributed by atoms with van der Waals surface area (Å²) in [5.74, 6) is -0.265. The number of nitrogens with zero attached hydrogens (tertiary/aromatic N) is 1. The summed E-state index contributed by atoms with van der Waals surface area (Å²) in [6, 6.07) is 0.612. The SMILES string of the molecule is CCCCN(CCCC(C)(NC)C(N)=O)C(C)CC. The molecule has 0 rings (SSSR count). The van der Waals surface area contributed by atoms with Crippen LogP contribution >= 0.6 is 0 Å². The van der Waals surface area contributed by atoms with Crippen LogP contribution in [0.3, 0.4) is 0 Å². The summed E-state index contributed by atoms with van der Waals surface area (Å²) in [5, 5.41) is 3.04. The molecule has 0 radical (unpaired) electrons. The number of carbonyl (C=O) groups is 1. The molecule has 2 unspecified atom stereocenters. The molecule has 4 heteroatoms. The van der Waals surface area contributed by atoms with Crippen LogP contribution in [0.1, 0.15) is 59.8 Å². The minimum Gasteiger partial charge on any atom is -0.368 e. The third kappa shape index (κ3) is 6.39. The van der Waals surface area contributed by atoms with Gasteiger partial charge in [0.25, 0.3) is 0 Å². The summed E-state index contributed by atoms with van der Waals surface area (Å²) in [4.78, 5) is 14.0. The Balaban J connectivity index is 4.27. The molecule has 0 aliphatic rings. The smallest absolute Gasteiger partial charge is 0.237 e. The van der Waals surface area contributed by atoms with Gasteiger partial charge in [-0.05, 0) is 59.7 Å². The number of hydrogen-bond donors (Lipinski definition) is 2. The van der Waals surface area contributed by atoms with Gasteiger partial charge >= 0.3 is 0 Å². The molecular weight excluding hydrogens is 238 g/mol. The van der Waals surface area contributed by atoms with E-state index in [9.17, 15) is 4.79 Å². The van der Waals surface area contributed by atoms with Gasteiger partial charge in [0.1, 0.15) is 0 Å². The predicted molar refractivity (Wildman–Crippen MR) is 82.1 cm³/mol. The molecule has 3 N–H and O–H groups in total. The van der Waals surface area contributed by atoms with E-state index < -0.39 is 5.54 Å². The maximum Gasteiger partial charge on any atom is 0.237 e. The molecule has 0 bridgehead atoms. The lowest BCUT2D eigenvalue weighted by Gasteiger charge is -2.31. The summed E-state index contributed by atoms with van der Waals surface area (Å²) in [6.45, 7) is 10.8. The van der Waals surface area contributed by atoms with Crippen molar-refractivity contribution in [1.82, 2.24) is 10.2 Å². The van der Waals surface area contributed by atoms with Gasteiger partial charge in [-0.3, -0.25) is 4.79 Å². The van der Waals surface area contributed by atoms with Crippen molar-refractivity contribution in [3.8, 4) is 0 Å². The van der Waals surface area contributed by atoms with Crippen molar-refractivity contribution in [3.63, 3.8) is 0 Å².